The number of esters is 1. The number of fused-ring (bicyclic) bond motifs is 1. The van der Waals surface area contributed by atoms with Crippen LogP contribution in [0.1, 0.15) is 11.1 Å². The van der Waals surface area contributed by atoms with Gasteiger partial charge in [-0.25, -0.2) is 4.79 Å². The lowest BCUT2D eigenvalue weighted by atomic mass is 10.1. The third kappa shape index (κ3) is 6.34. The van der Waals surface area contributed by atoms with Gasteiger partial charge in [0.2, 0.25) is 6.79 Å². The number of carbonyl (C=O) groups excluding carboxylic acids is 2. The highest BCUT2D eigenvalue weighted by Crippen LogP contribution is 2.22. The van der Waals surface area contributed by atoms with Gasteiger partial charge in [-0.2, -0.15) is 0 Å². The molecule has 0 radical (unpaired) electrons. The Balaban J connectivity index is 1.64. The van der Waals surface area contributed by atoms with Gasteiger partial charge in [0.15, 0.2) is 12.4 Å². The van der Waals surface area contributed by atoms with Crippen LogP contribution in [-0.2, 0) is 14.3 Å². The summed E-state index contributed by atoms with van der Waals surface area (Å²) in [5, 5.41) is 1.99. The van der Waals surface area contributed by atoms with Crippen LogP contribution in [0.4, 0.5) is 0 Å². The Bertz CT molecular complexity index is 1180. The van der Waals surface area contributed by atoms with Crippen molar-refractivity contribution in [3.63, 3.8) is 0 Å². The van der Waals surface area contributed by atoms with Gasteiger partial charge < -0.3 is 14.2 Å². The van der Waals surface area contributed by atoms with Crippen LogP contribution in [0.3, 0.4) is 0 Å². The first-order chi connectivity index (χ1) is 15.1. The fourth-order valence-corrected chi connectivity index (χ4v) is 2.60. The molecule has 0 saturated carbocycles. The van der Waals surface area contributed by atoms with Crippen molar-refractivity contribution in [2.24, 2.45) is 0 Å². The fraction of sp³-hybridized carbons (Fsp3) is 0.0769. The molecule has 0 aromatic heterocycles. The van der Waals surface area contributed by atoms with Gasteiger partial charge in [-0.05, 0) is 65.4 Å². The van der Waals surface area contributed by atoms with Crippen LogP contribution in [0, 0.1) is 11.8 Å². The smallest absolute Gasteiger partial charge is 0.333 e. The fourth-order valence-electron chi connectivity index (χ4n) is 2.60. The molecular formula is C26H20O5. The van der Waals surface area contributed by atoms with Crippen LogP contribution < -0.4 is 9.47 Å². The summed E-state index contributed by atoms with van der Waals surface area (Å²) in [5.74, 6) is 6.75. The van der Waals surface area contributed by atoms with Crippen molar-refractivity contribution < 1.29 is 23.8 Å². The Hall–Kier alpha value is -4.30. The second kappa shape index (κ2) is 10.5. The second-order valence-electron chi connectivity index (χ2n) is 6.39. The highest BCUT2D eigenvalue weighted by molar-refractivity contribution is 5.90. The van der Waals surface area contributed by atoms with Crippen molar-refractivity contribution in [3.8, 4) is 23.3 Å². The lowest BCUT2D eigenvalue weighted by molar-refractivity contribution is -0.144. The average Bonchev–Trinajstić information content (AvgIpc) is 2.81. The number of ketones is 1. The van der Waals surface area contributed by atoms with Crippen molar-refractivity contribution in [3.05, 3.63) is 97.1 Å². The van der Waals surface area contributed by atoms with Gasteiger partial charge in [-0.15, -0.1) is 0 Å². The molecule has 0 N–H and O–H groups in total. The van der Waals surface area contributed by atoms with Gasteiger partial charge in [-0.3, -0.25) is 4.79 Å². The molecule has 0 heterocycles. The number of benzene rings is 3. The molecule has 0 spiro atoms. The molecule has 3 aromatic carbocycles. The molecule has 0 aliphatic heterocycles. The van der Waals surface area contributed by atoms with E-state index in [-0.39, 0.29) is 19.2 Å². The van der Waals surface area contributed by atoms with Gasteiger partial charge in [-0.1, -0.05) is 37.1 Å². The van der Waals surface area contributed by atoms with Crippen molar-refractivity contribution >= 4 is 22.5 Å². The molecule has 5 nitrogen and oxygen atoms in total. The zero-order valence-electron chi connectivity index (χ0n) is 16.8. The number of hydrogen-bond acceptors (Lipinski definition) is 5. The molecule has 3 rings (SSSR count). The second-order valence-corrected chi connectivity index (χ2v) is 6.39. The first-order valence-corrected chi connectivity index (χ1v) is 9.43. The van der Waals surface area contributed by atoms with E-state index in [1.54, 1.807) is 18.2 Å². The van der Waals surface area contributed by atoms with Crippen molar-refractivity contribution in [1.82, 2.24) is 0 Å². The van der Waals surface area contributed by atoms with Crippen LogP contribution >= 0.6 is 0 Å². The van der Waals surface area contributed by atoms with E-state index in [1.807, 2.05) is 42.5 Å². The summed E-state index contributed by atoms with van der Waals surface area (Å²) in [6.07, 6.45) is 2.32. The molecule has 0 aliphatic rings. The van der Waals surface area contributed by atoms with Crippen molar-refractivity contribution in [1.29, 1.82) is 0 Å². The SMILES string of the molecule is C=CC(=O)COc1ccc(C#Cc2ccc3cc(OCOC(=O)C=C)ccc3c2)cc1. The van der Waals surface area contributed by atoms with E-state index in [1.165, 1.54) is 6.08 Å². The van der Waals surface area contributed by atoms with Gasteiger partial charge in [0.1, 0.15) is 11.5 Å². The van der Waals surface area contributed by atoms with Gasteiger partial charge in [0.05, 0.1) is 0 Å². The van der Waals surface area contributed by atoms with Crippen LogP contribution in [0.25, 0.3) is 10.8 Å². The summed E-state index contributed by atoms with van der Waals surface area (Å²) in [5.41, 5.74) is 1.71. The van der Waals surface area contributed by atoms with Crippen LogP contribution in [0.15, 0.2) is 86.0 Å². The van der Waals surface area contributed by atoms with Crippen molar-refractivity contribution in [2.75, 3.05) is 13.4 Å². The van der Waals surface area contributed by atoms with E-state index in [9.17, 15) is 9.59 Å². The van der Waals surface area contributed by atoms with Gasteiger partial charge >= 0.3 is 5.97 Å². The first kappa shape index (κ1) is 21.4. The molecule has 3 aromatic rings. The monoisotopic (exact) mass is 412 g/mol. The summed E-state index contributed by atoms with van der Waals surface area (Å²) >= 11 is 0. The molecule has 0 fully saturated rings. The number of hydrogen-bond donors (Lipinski definition) is 0. The predicted molar refractivity (Wildman–Crippen MR) is 119 cm³/mol. The molecule has 0 saturated heterocycles. The zero-order chi connectivity index (χ0) is 22.1. The topological polar surface area (TPSA) is 61.8 Å². The molecule has 0 unspecified atom stereocenters. The molecule has 5 heteroatoms. The van der Waals surface area contributed by atoms with Gasteiger partial charge in [0, 0.05) is 17.2 Å². The number of ether oxygens (including phenoxy) is 3. The predicted octanol–water partition coefficient (Wildman–Crippen LogP) is 4.44. The van der Waals surface area contributed by atoms with E-state index in [0.29, 0.717) is 11.5 Å². The molecule has 0 amide bonds. The largest absolute Gasteiger partial charge is 0.485 e. The maximum atomic E-state index is 11.2. The third-order valence-electron chi connectivity index (χ3n) is 4.22. The summed E-state index contributed by atoms with van der Waals surface area (Å²) in [4.78, 5) is 22.3. The standard InChI is InChI=1S/C26H20O5/c1-3-23(27)17-29-24-12-8-19(9-13-24)5-6-20-7-10-22-16-25(14-11-21(22)15-20)30-18-31-26(28)4-2/h3-4,7-16H,1-2,17-18H2. The molecule has 31 heavy (non-hydrogen) atoms. The van der Waals surface area contributed by atoms with E-state index < -0.39 is 5.97 Å². The first-order valence-electron chi connectivity index (χ1n) is 9.43. The van der Waals surface area contributed by atoms with Crippen molar-refractivity contribution in [2.45, 2.75) is 0 Å². The molecule has 154 valence electrons. The maximum absolute atomic E-state index is 11.2. The summed E-state index contributed by atoms with van der Waals surface area (Å²) in [6.45, 7) is 6.54. The molecular weight excluding hydrogens is 392 g/mol. The quantitative estimate of drug-likeness (QED) is 0.237. The van der Waals surface area contributed by atoms with E-state index in [2.05, 4.69) is 25.0 Å². The zero-order valence-corrected chi connectivity index (χ0v) is 16.8. The minimum absolute atomic E-state index is 0.0294. The van der Waals surface area contributed by atoms with Crippen LogP contribution in [0.2, 0.25) is 0 Å². The van der Waals surface area contributed by atoms with Crippen LogP contribution in [-0.4, -0.2) is 25.2 Å². The minimum Gasteiger partial charge on any atom is -0.485 e. The molecule has 0 bridgehead atoms. The lowest BCUT2D eigenvalue weighted by Gasteiger charge is -2.07. The average molecular weight is 412 g/mol. The summed E-state index contributed by atoms with van der Waals surface area (Å²) in [6, 6.07) is 18.7. The Morgan fingerprint density at radius 3 is 2.16 bits per heavy atom. The Labute approximate surface area is 180 Å². The van der Waals surface area contributed by atoms with Crippen LogP contribution in [0.5, 0.6) is 11.5 Å². The summed E-state index contributed by atoms with van der Waals surface area (Å²) in [7, 11) is 0. The Kier molecular flexibility index (Phi) is 7.23. The lowest BCUT2D eigenvalue weighted by Crippen LogP contribution is -2.07. The third-order valence-corrected chi connectivity index (χ3v) is 4.22. The normalized spacial score (nSPS) is 9.81. The van der Waals surface area contributed by atoms with E-state index in [0.717, 1.165) is 28.0 Å². The highest BCUT2D eigenvalue weighted by Gasteiger charge is 2.01. The van der Waals surface area contributed by atoms with E-state index in [4.69, 9.17) is 14.2 Å². The molecule has 0 atom stereocenters. The number of carbonyl (C=O) groups is 2. The molecule has 0 aliphatic carbocycles. The van der Waals surface area contributed by atoms with Gasteiger partial charge in [0.25, 0.3) is 0 Å². The van der Waals surface area contributed by atoms with E-state index >= 15 is 0 Å². The summed E-state index contributed by atoms with van der Waals surface area (Å²) < 4.78 is 15.6. The maximum Gasteiger partial charge on any atom is 0.333 e. The highest BCUT2D eigenvalue weighted by atomic mass is 16.7. The Morgan fingerprint density at radius 1 is 0.774 bits per heavy atom. The number of rotatable bonds is 8. The minimum atomic E-state index is -0.533. The Morgan fingerprint density at radius 2 is 1.42 bits per heavy atom.